The fourth-order valence-corrected chi connectivity index (χ4v) is 5.65. The molecule has 0 unspecified atom stereocenters. The predicted molar refractivity (Wildman–Crippen MR) is 136 cm³/mol. The highest BCUT2D eigenvalue weighted by molar-refractivity contribution is 7.20. The molecular weight excluding hydrogens is 500 g/mol. The summed E-state index contributed by atoms with van der Waals surface area (Å²) in [5.41, 5.74) is 3.34. The van der Waals surface area contributed by atoms with Gasteiger partial charge in [-0.2, -0.15) is 5.10 Å². The summed E-state index contributed by atoms with van der Waals surface area (Å²) in [7, 11) is 1.72. The number of halogens is 4. The highest BCUT2D eigenvalue weighted by atomic mass is 35.5. The molecule has 3 nitrogen and oxygen atoms in total. The highest BCUT2D eigenvalue weighted by Gasteiger charge is 2.24. The van der Waals surface area contributed by atoms with Crippen molar-refractivity contribution in [3.8, 4) is 43.7 Å². The molecular formula is C25H15Cl3FN3S. The molecule has 0 radical (unpaired) electrons. The lowest BCUT2D eigenvalue weighted by Crippen LogP contribution is -1.93. The van der Waals surface area contributed by atoms with E-state index < -0.39 is 5.82 Å². The second-order valence-corrected chi connectivity index (χ2v) is 9.49. The van der Waals surface area contributed by atoms with E-state index in [0.29, 0.717) is 20.7 Å². The van der Waals surface area contributed by atoms with Gasteiger partial charge in [0.25, 0.3) is 0 Å². The van der Waals surface area contributed by atoms with Crippen LogP contribution in [0, 0.1) is 5.82 Å². The number of rotatable bonds is 4. The molecule has 0 aliphatic carbocycles. The fraction of sp³-hybridized carbons (Fsp3) is 0.0400. The van der Waals surface area contributed by atoms with E-state index in [9.17, 15) is 4.39 Å². The molecule has 0 saturated carbocycles. The van der Waals surface area contributed by atoms with Crippen LogP contribution >= 0.6 is 46.1 Å². The van der Waals surface area contributed by atoms with Gasteiger partial charge >= 0.3 is 0 Å². The van der Waals surface area contributed by atoms with Gasteiger partial charge in [-0.15, -0.1) is 11.3 Å². The zero-order valence-corrected chi connectivity index (χ0v) is 20.3. The molecule has 0 atom stereocenters. The monoisotopic (exact) mass is 513 g/mol. The van der Waals surface area contributed by atoms with Gasteiger partial charge in [-0.25, -0.2) is 14.1 Å². The van der Waals surface area contributed by atoms with Gasteiger partial charge in [-0.05, 0) is 28.8 Å². The Morgan fingerprint density at radius 3 is 2.09 bits per heavy atom. The summed E-state index contributed by atoms with van der Waals surface area (Å²) in [4.78, 5) is 6.00. The zero-order chi connectivity index (χ0) is 23.1. The summed E-state index contributed by atoms with van der Waals surface area (Å²) < 4.78 is 15.9. The van der Waals surface area contributed by atoms with Gasteiger partial charge in [-0.1, -0.05) is 95.5 Å². The molecule has 5 rings (SSSR count). The summed E-state index contributed by atoms with van der Waals surface area (Å²) in [5, 5.41) is 5.42. The van der Waals surface area contributed by atoms with Gasteiger partial charge in [0.2, 0.25) is 0 Å². The van der Waals surface area contributed by atoms with Gasteiger partial charge < -0.3 is 0 Å². The largest absolute Gasteiger partial charge is 0.248 e. The Balaban J connectivity index is 1.54. The minimum atomic E-state index is -0.492. The molecule has 2 aromatic heterocycles. The van der Waals surface area contributed by atoms with Crippen LogP contribution in [0.5, 0.6) is 0 Å². The van der Waals surface area contributed by atoms with E-state index in [1.807, 2.05) is 30.3 Å². The first-order valence-corrected chi connectivity index (χ1v) is 11.9. The van der Waals surface area contributed by atoms with Crippen LogP contribution < -0.4 is 0 Å². The van der Waals surface area contributed by atoms with Crippen LogP contribution in [0.2, 0.25) is 15.1 Å². The van der Waals surface area contributed by atoms with Gasteiger partial charge in [0.1, 0.15) is 5.82 Å². The Labute approximate surface area is 209 Å². The summed E-state index contributed by atoms with van der Waals surface area (Å²) in [6.07, 6.45) is 0. The lowest BCUT2D eigenvalue weighted by Gasteiger charge is -2.03. The summed E-state index contributed by atoms with van der Waals surface area (Å²) in [5.74, 6) is 0.174. The molecule has 164 valence electrons. The second kappa shape index (κ2) is 8.92. The molecule has 8 heteroatoms. The topological polar surface area (TPSA) is 30.7 Å². The van der Waals surface area contributed by atoms with Crippen molar-refractivity contribution in [3.63, 3.8) is 0 Å². The van der Waals surface area contributed by atoms with E-state index in [0.717, 1.165) is 21.6 Å². The third-order valence-corrected chi connectivity index (χ3v) is 7.83. The van der Waals surface area contributed by atoms with Crippen LogP contribution in [0.4, 0.5) is 4.39 Å². The Bertz CT molecular complexity index is 1440. The lowest BCUT2D eigenvalue weighted by atomic mass is 10.0. The van der Waals surface area contributed by atoms with Crippen molar-refractivity contribution in [2.45, 2.75) is 0 Å². The van der Waals surface area contributed by atoms with Gasteiger partial charge in [-0.3, -0.25) is 0 Å². The van der Waals surface area contributed by atoms with Gasteiger partial charge in [0, 0.05) is 7.05 Å². The smallest absolute Gasteiger partial charge is 0.186 e. The highest BCUT2D eigenvalue weighted by Crippen LogP contribution is 2.48. The molecule has 0 N–H and O–H groups in total. The summed E-state index contributed by atoms with van der Waals surface area (Å²) in [6.45, 7) is 0. The molecule has 0 aliphatic heterocycles. The maximum absolute atomic E-state index is 14.4. The van der Waals surface area contributed by atoms with Crippen LogP contribution in [-0.4, -0.2) is 14.8 Å². The number of aromatic nitrogens is 3. The van der Waals surface area contributed by atoms with Crippen molar-refractivity contribution in [3.05, 3.63) is 93.7 Å². The quantitative estimate of drug-likeness (QED) is 0.240. The first-order chi connectivity index (χ1) is 15.9. The number of hydrogen-bond donors (Lipinski definition) is 0. The van der Waals surface area contributed by atoms with E-state index in [-0.39, 0.29) is 16.4 Å². The standard InChI is InChI=1S/C25H15Cl3FN3S/c1-32-25(30-24(31-32)19-17(26)8-5-9-18(19)29)23-21(28)20(27)22(33-23)16-12-10-15(11-13-16)14-6-3-2-4-7-14/h2-13H,1H3. The number of aryl methyl sites for hydroxylation is 1. The minimum absolute atomic E-state index is 0.150. The zero-order valence-electron chi connectivity index (χ0n) is 17.2. The van der Waals surface area contributed by atoms with Crippen molar-refractivity contribution >= 4 is 46.1 Å². The number of thiophene rings is 1. The molecule has 2 heterocycles. The third kappa shape index (κ3) is 4.06. The van der Waals surface area contributed by atoms with Crippen LogP contribution in [0.15, 0.2) is 72.8 Å². The second-order valence-electron chi connectivity index (χ2n) is 7.31. The van der Waals surface area contributed by atoms with Crippen molar-refractivity contribution in [1.29, 1.82) is 0 Å². The fourth-order valence-electron chi connectivity index (χ4n) is 3.56. The summed E-state index contributed by atoms with van der Waals surface area (Å²) >= 11 is 20.8. The number of hydrogen-bond acceptors (Lipinski definition) is 3. The Morgan fingerprint density at radius 1 is 0.758 bits per heavy atom. The van der Waals surface area contributed by atoms with E-state index in [1.165, 1.54) is 23.5 Å². The van der Waals surface area contributed by atoms with Gasteiger partial charge in [0.05, 0.1) is 30.4 Å². The molecule has 0 bridgehead atoms. The van der Waals surface area contributed by atoms with Crippen LogP contribution in [0.1, 0.15) is 0 Å². The SMILES string of the molecule is Cn1nc(-c2c(F)cccc2Cl)nc1-c1sc(-c2ccc(-c3ccccc3)cc2)c(Cl)c1Cl. The Kier molecular flexibility index (Phi) is 5.97. The molecule has 0 aliphatic rings. The van der Waals surface area contributed by atoms with Crippen LogP contribution in [-0.2, 0) is 7.05 Å². The van der Waals surface area contributed by atoms with E-state index in [2.05, 4.69) is 34.3 Å². The predicted octanol–water partition coefficient (Wildman–Crippen LogP) is 8.64. The van der Waals surface area contributed by atoms with Crippen molar-refractivity contribution < 1.29 is 4.39 Å². The van der Waals surface area contributed by atoms with E-state index in [1.54, 1.807) is 17.8 Å². The molecule has 0 saturated heterocycles. The molecule has 0 spiro atoms. The molecule has 33 heavy (non-hydrogen) atoms. The first-order valence-electron chi connectivity index (χ1n) is 9.93. The molecule has 0 amide bonds. The average molecular weight is 515 g/mol. The lowest BCUT2D eigenvalue weighted by molar-refractivity contribution is 0.629. The van der Waals surface area contributed by atoms with E-state index >= 15 is 0 Å². The van der Waals surface area contributed by atoms with Crippen molar-refractivity contribution in [2.24, 2.45) is 7.05 Å². The molecule has 5 aromatic rings. The first kappa shape index (κ1) is 22.1. The van der Waals surface area contributed by atoms with Crippen molar-refractivity contribution in [2.75, 3.05) is 0 Å². The van der Waals surface area contributed by atoms with Crippen LogP contribution in [0.25, 0.3) is 43.7 Å². The Morgan fingerprint density at radius 2 is 1.39 bits per heavy atom. The molecule has 0 fully saturated rings. The Hall–Kier alpha value is -2.70. The maximum Gasteiger partial charge on any atom is 0.186 e. The number of nitrogens with zero attached hydrogens (tertiary/aromatic N) is 3. The number of benzene rings is 3. The van der Waals surface area contributed by atoms with Crippen LogP contribution in [0.3, 0.4) is 0 Å². The third-order valence-electron chi connectivity index (χ3n) is 5.20. The normalized spacial score (nSPS) is 11.2. The van der Waals surface area contributed by atoms with E-state index in [4.69, 9.17) is 34.8 Å². The molecule has 3 aromatic carbocycles. The maximum atomic E-state index is 14.4. The minimum Gasteiger partial charge on any atom is -0.248 e. The van der Waals surface area contributed by atoms with Crippen molar-refractivity contribution in [1.82, 2.24) is 14.8 Å². The van der Waals surface area contributed by atoms with Gasteiger partial charge in [0.15, 0.2) is 11.6 Å². The summed E-state index contributed by atoms with van der Waals surface area (Å²) in [6, 6.07) is 22.7. The average Bonchev–Trinajstić information content (AvgIpc) is 3.33.